The summed E-state index contributed by atoms with van der Waals surface area (Å²) >= 11 is 3.41. The van der Waals surface area contributed by atoms with Crippen molar-refractivity contribution < 1.29 is 18.8 Å². The lowest BCUT2D eigenvalue weighted by Gasteiger charge is -2.26. The van der Waals surface area contributed by atoms with Crippen LogP contribution in [0, 0.1) is 19.7 Å². The molecule has 156 valence electrons. The van der Waals surface area contributed by atoms with Crippen LogP contribution in [0.4, 0.5) is 14.9 Å². The third kappa shape index (κ3) is 3.70. The summed E-state index contributed by atoms with van der Waals surface area (Å²) in [7, 11) is 0. The molecule has 4 rings (SSSR count). The molecule has 1 aliphatic heterocycles. The molecular weight excluding hydrogens is 465 g/mol. The van der Waals surface area contributed by atoms with Gasteiger partial charge < -0.3 is 4.57 Å². The number of aryl methyl sites for hydroxylation is 1. The maximum absolute atomic E-state index is 14.2. The van der Waals surface area contributed by atoms with Crippen LogP contribution in [0.3, 0.4) is 0 Å². The highest BCUT2D eigenvalue weighted by atomic mass is 79.9. The number of rotatable bonds is 3. The summed E-state index contributed by atoms with van der Waals surface area (Å²) in [5, 5.41) is 2.11. The van der Waals surface area contributed by atoms with Crippen LogP contribution in [-0.4, -0.2) is 22.4 Å². The second kappa shape index (κ2) is 7.96. The first-order chi connectivity index (χ1) is 14.8. The fourth-order valence-corrected chi connectivity index (χ4v) is 3.85. The van der Waals surface area contributed by atoms with E-state index < -0.39 is 23.7 Å². The Morgan fingerprint density at radius 1 is 1.00 bits per heavy atom. The maximum atomic E-state index is 14.2. The van der Waals surface area contributed by atoms with E-state index in [1.54, 1.807) is 0 Å². The number of hydrogen-bond acceptors (Lipinski definition) is 3. The molecule has 0 atom stereocenters. The Bertz CT molecular complexity index is 1260. The Balaban J connectivity index is 1.77. The predicted molar refractivity (Wildman–Crippen MR) is 118 cm³/mol. The van der Waals surface area contributed by atoms with Crippen molar-refractivity contribution in [3.8, 4) is 5.69 Å². The first-order valence-electron chi connectivity index (χ1n) is 9.39. The molecule has 0 spiro atoms. The van der Waals surface area contributed by atoms with Crippen molar-refractivity contribution in [3.05, 3.63) is 87.4 Å². The van der Waals surface area contributed by atoms with Gasteiger partial charge in [-0.1, -0.05) is 28.1 Å². The summed E-state index contributed by atoms with van der Waals surface area (Å²) in [6.07, 6.45) is 1.43. The molecule has 1 fully saturated rings. The van der Waals surface area contributed by atoms with Crippen LogP contribution in [-0.2, 0) is 9.59 Å². The largest absolute Gasteiger partial charge is 0.336 e. The molecule has 3 aromatic rings. The number of imide groups is 2. The monoisotopic (exact) mass is 481 g/mol. The molecule has 1 aliphatic rings. The van der Waals surface area contributed by atoms with Gasteiger partial charge in [0.1, 0.15) is 11.4 Å². The molecule has 1 N–H and O–H groups in total. The number of carbonyl (C=O) groups excluding carboxylic acids is 3. The summed E-state index contributed by atoms with van der Waals surface area (Å²) < 4.78 is 17.2. The van der Waals surface area contributed by atoms with Crippen molar-refractivity contribution >= 4 is 45.5 Å². The highest BCUT2D eigenvalue weighted by molar-refractivity contribution is 9.10. The van der Waals surface area contributed by atoms with Crippen LogP contribution < -0.4 is 10.2 Å². The number of halogens is 2. The van der Waals surface area contributed by atoms with Gasteiger partial charge in [-0.2, -0.15) is 0 Å². The molecule has 2 aromatic carbocycles. The molecule has 0 aliphatic carbocycles. The maximum Gasteiger partial charge on any atom is 0.336 e. The smallest absolute Gasteiger partial charge is 0.318 e. The third-order valence-electron chi connectivity index (χ3n) is 5.05. The number of amides is 4. The summed E-state index contributed by atoms with van der Waals surface area (Å²) in [5.41, 5.74) is 2.80. The molecule has 6 nitrogen and oxygen atoms in total. The normalized spacial score (nSPS) is 15.5. The zero-order valence-corrected chi connectivity index (χ0v) is 18.2. The Morgan fingerprint density at radius 2 is 1.68 bits per heavy atom. The van der Waals surface area contributed by atoms with E-state index in [1.165, 1.54) is 24.3 Å². The third-order valence-corrected chi connectivity index (χ3v) is 5.58. The zero-order chi connectivity index (χ0) is 22.3. The number of barbiturate groups is 1. The number of nitrogens with zero attached hydrogens (tertiary/aromatic N) is 2. The lowest BCUT2D eigenvalue weighted by molar-refractivity contribution is -0.122. The number of para-hydroxylation sites is 1. The molecule has 31 heavy (non-hydrogen) atoms. The predicted octanol–water partition coefficient (Wildman–Crippen LogP) is 4.66. The van der Waals surface area contributed by atoms with Gasteiger partial charge in [-0.15, -0.1) is 0 Å². The molecule has 1 saturated heterocycles. The van der Waals surface area contributed by atoms with Gasteiger partial charge in [-0.25, -0.2) is 14.1 Å². The fourth-order valence-electron chi connectivity index (χ4n) is 3.59. The van der Waals surface area contributed by atoms with Crippen LogP contribution in [0.2, 0.25) is 0 Å². The van der Waals surface area contributed by atoms with Crippen molar-refractivity contribution in [3.63, 3.8) is 0 Å². The number of anilines is 1. The van der Waals surface area contributed by atoms with Crippen molar-refractivity contribution in [1.29, 1.82) is 0 Å². The lowest BCUT2D eigenvalue weighted by Crippen LogP contribution is -2.54. The SMILES string of the molecule is Cc1cc(/C=C2\C(=O)NC(=O)N(c3ccccc3F)C2=O)c(C)n1-c1ccc(Br)cc1. The number of carbonyl (C=O) groups is 3. The van der Waals surface area contributed by atoms with Crippen LogP contribution in [0.5, 0.6) is 0 Å². The second-order valence-corrected chi connectivity index (χ2v) is 7.96. The van der Waals surface area contributed by atoms with Gasteiger partial charge >= 0.3 is 6.03 Å². The van der Waals surface area contributed by atoms with Gasteiger partial charge in [-0.05, 0) is 68.0 Å². The van der Waals surface area contributed by atoms with Gasteiger partial charge in [0.15, 0.2) is 0 Å². The second-order valence-electron chi connectivity index (χ2n) is 7.05. The molecule has 0 unspecified atom stereocenters. The number of hydrogen-bond donors (Lipinski definition) is 1. The van der Waals surface area contributed by atoms with E-state index in [-0.39, 0.29) is 11.3 Å². The molecular formula is C23H17BrFN3O3. The standard InChI is InChI=1S/C23H17BrFN3O3/c1-13-11-15(14(2)27(13)17-9-7-16(24)8-10-17)12-18-21(29)26-23(31)28(22(18)30)20-6-4-3-5-19(20)25/h3-12H,1-2H3,(H,26,29,31)/b18-12+. The fraction of sp³-hybridized carbons (Fsp3) is 0.0870. The highest BCUT2D eigenvalue weighted by Crippen LogP contribution is 2.27. The van der Waals surface area contributed by atoms with Crippen LogP contribution >= 0.6 is 15.9 Å². The number of aromatic nitrogens is 1. The summed E-state index contributed by atoms with van der Waals surface area (Å²) in [6.45, 7) is 3.78. The Morgan fingerprint density at radius 3 is 2.35 bits per heavy atom. The summed E-state index contributed by atoms with van der Waals surface area (Å²) in [6, 6.07) is 14.0. The van der Waals surface area contributed by atoms with Crippen LogP contribution in [0.15, 0.2) is 64.6 Å². The molecule has 8 heteroatoms. The Kier molecular flexibility index (Phi) is 5.32. The number of nitrogens with one attached hydrogen (secondary N) is 1. The van der Waals surface area contributed by atoms with Gasteiger partial charge in [0.05, 0.1) is 5.69 Å². The zero-order valence-electron chi connectivity index (χ0n) is 16.6. The molecule has 0 saturated carbocycles. The number of benzene rings is 2. The molecule has 1 aromatic heterocycles. The van der Waals surface area contributed by atoms with E-state index in [0.717, 1.165) is 27.6 Å². The molecule has 0 bridgehead atoms. The van der Waals surface area contributed by atoms with E-state index in [2.05, 4.69) is 21.2 Å². The minimum Gasteiger partial charge on any atom is -0.318 e. The van der Waals surface area contributed by atoms with Gasteiger partial charge in [-0.3, -0.25) is 14.9 Å². The average Bonchev–Trinajstić information content (AvgIpc) is 3.00. The minimum atomic E-state index is -0.988. The molecule has 4 amide bonds. The average molecular weight is 482 g/mol. The van der Waals surface area contributed by atoms with E-state index >= 15 is 0 Å². The molecule has 0 radical (unpaired) electrons. The first-order valence-corrected chi connectivity index (χ1v) is 10.2. The first kappa shape index (κ1) is 20.7. The minimum absolute atomic E-state index is 0.219. The van der Waals surface area contributed by atoms with E-state index in [4.69, 9.17) is 0 Å². The quantitative estimate of drug-likeness (QED) is 0.436. The van der Waals surface area contributed by atoms with Crippen LogP contribution in [0.25, 0.3) is 11.8 Å². The number of urea groups is 1. The topological polar surface area (TPSA) is 71.4 Å². The van der Waals surface area contributed by atoms with E-state index in [1.807, 2.05) is 48.7 Å². The van der Waals surface area contributed by atoms with Crippen molar-refractivity contribution in [1.82, 2.24) is 9.88 Å². The summed E-state index contributed by atoms with van der Waals surface area (Å²) in [5.74, 6) is -2.45. The van der Waals surface area contributed by atoms with Crippen molar-refractivity contribution in [2.45, 2.75) is 13.8 Å². The Hall–Kier alpha value is -3.52. The van der Waals surface area contributed by atoms with Gasteiger partial charge in [0, 0.05) is 21.5 Å². The lowest BCUT2D eigenvalue weighted by atomic mass is 10.1. The van der Waals surface area contributed by atoms with Crippen molar-refractivity contribution in [2.24, 2.45) is 0 Å². The summed E-state index contributed by atoms with van der Waals surface area (Å²) in [4.78, 5) is 38.4. The molecule has 2 heterocycles. The van der Waals surface area contributed by atoms with Crippen LogP contribution in [0.1, 0.15) is 17.0 Å². The van der Waals surface area contributed by atoms with Gasteiger partial charge in [0.2, 0.25) is 0 Å². The van der Waals surface area contributed by atoms with E-state index in [0.29, 0.717) is 10.5 Å². The van der Waals surface area contributed by atoms with Gasteiger partial charge in [0.25, 0.3) is 11.8 Å². The van der Waals surface area contributed by atoms with E-state index in [9.17, 15) is 18.8 Å². The Labute approximate surface area is 186 Å². The van der Waals surface area contributed by atoms with Crippen molar-refractivity contribution in [2.75, 3.05) is 4.90 Å². The highest BCUT2D eigenvalue weighted by Gasteiger charge is 2.38.